The topological polar surface area (TPSA) is 22.1 Å². The van der Waals surface area contributed by atoms with E-state index >= 15 is 0 Å². The fourth-order valence-corrected chi connectivity index (χ4v) is 2.27. The lowest BCUT2D eigenvalue weighted by molar-refractivity contribution is -0.137. The second-order valence-electron chi connectivity index (χ2n) is 3.65. The molecule has 0 unspecified atom stereocenters. The van der Waals surface area contributed by atoms with Crippen LogP contribution in [0, 0.1) is 0 Å². The number of benzene rings is 1. The van der Waals surface area contributed by atoms with Crippen molar-refractivity contribution in [3.8, 4) is 10.6 Å². The van der Waals surface area contributed by atoms with E-state index in [1.165, 1.54) is 23.5 Å². The summed E-state index contributed by atoms with van der Waals surface area (Å²) >= 11 is 1.38. The summed E-state index contributed by atoms with van der Waals surface area (Å²) in [6.45, 7) is 0.400. The van der Waals surface area contributed by atoms with Crippen molar-refractivity contribution in [2.24, 2.45) is 0 Å². The van der Waals surface area contributed by atoms with Gasteiger partial charge in [-0.25, -0.2) is 4.98 Å². The van der Waals surface area contributed by atoms with Crippen molar-refractivity contribution < 1.29 is 17.9 Å². The molecule has 0 aliphatic carbocycles. The number of thiazole rings is 1. The molecule has 1 heterocycles. The third kappa shape index (κ3) is 2.88. The highest BCUT2D eigenvalue weighted by molar-refractivity contribution is 7.13. The molecule has 1 aromatic heterocycles. The lowest BCUT2D eigenvalue weighted by atomic mass is 10.1. The smallest absolute Gasteiger partial charge is 0.378 e. The zero-order valence-electron chi connectivity index (χ0n) is 9.49. The van der Waals surface area contributed by atoms with E-state index in [1.807, 2.05) is 5.38 Å². The zero-order chi connectivity index (χ0) is 13.2. The second kappa shape index (κ2) is 5.07. The molecule has 0 radical (unpaired) electrons. The number of ether oxygens (including phenoxy) is 1. The number of hydrogen-bond donors (Lipinski definition) is 0. The third-order valence-electron chi connectivity index (χ3n) is 2.30. The molecular formula is C12H10F3NOS. The molecule has 2 aromatic rings. The Kier molecular flexibility index (Phi) is 3.68. The van der Waals surface area contributed by atoms with Gasteiger partial charge in [0.25, 0.3) is 0 Å². The lowest BCUT2D eigenvalue weighted by Crippen LogP contribution is -2.03. The molecule has 1 aromatic carbocycles. The normalized spacial score (nSPS) is 11.8. The van der Waals surface area contributed by atoms with Gasteiger partial charge in [0.2, 0.25) is 0 Å². The molecule has 2 rings (SSSR count). The summed E-state index contributed by atoms with van der Waals surface area (Å²) in [4.78, 5) is 4.27. The minimum absolute atomic E-state index is 0.400. The van der Waals surface area contributed by atoms with Crippen molar-refractivity contribution in [1.82, 2.24) is 4.98 Å². The van der Waals surface area contributed by atoms with Gasteiger partial charge in [0, 0.05) is 18.1 Å². The standard InChI is InChI=1S/C12H10F3NOS/c1-17-6-10-7-18-11(16-10)8-2-4-9(5-3-8)12(13,14)15/h2-5,7H,6H2,1H3. The number of aromatic nitrogens is 1. The van der Waals surface area contributed by atoms with E-state index in [2.05, 4.69) is 4.98 Å². The van der Waals surface area contributed by atoms with Gasteiger partial charge < -0.3 is 4.74 Å². The molecule has 0 bridgehead atoms. The van der Waals surface area contributed by atoms with Crippen molar-refractivity contribution in [2.75, 3.05) is 7.11 Å². The first kappa shape index (κ1) is 13.0. The van der Waals surface area contributed by atoms with Crippen LogP contribution in [0.1, 0.15) is 11.3 Å². The van der Waals surface area contributed by atoms with Gasteiger partial charge in [0.1, 0.15) is 5.01 Å². The van der Waals surface area contributed by atoms with Crippen LogP contribution < -0.4 is 0 Å². The van der Waals surface area contributed by atoms with E-state index in [-0.39, 0.29) is 0 Å². The molecule has 2 nitrogen and oxygen atoms in total. The molecule has 0 N–H and O–H groups in total. The van der Waals surface area contributed by atoms with Gasteiger partial charge in [-0.15, -0.1) is 11.3 Å². The summed E-state index contributed by atoms with van der Waals surface area (Å²) in [7, 11) is 1.57. The van der Waals surface area contributed by atoms with E-state index in [0.717, 1.165) is 17.8 Å². The van der Waals surface area contributed by atoms with E-state index in [4.69, 9.17) is 4.74 Å². The number of halogens is 3. The Labute approximate surface area is 106 Å². The van der Waals surface area contributed by atoms with Crippen molar-refractivity contribution >= 4 is 11.3 Å². The maximum atomic E-state index is 12.4. The summed E-state index contributed by atoms with van der Waals surface area (Å²) in [6.07, 6.45) is -4.30. The predicted octanol–water partition coefficient (Wildman–Crippen LogP) is 3.98. The molecule has 0 atom stereocenters. The molecule has 0 fully saturated rings. The lowest BCUT2D eigenvalue weighted by Gasteiger charge is -2.06. The van der Waals surface area contributed by atoms with Gasteiger partial charge >= 0.3 is 6.18 Å². The first-order chi connectivity index (χ1) is 8.50. The SMILES string of the molecule is COCc1csc(-c2ccc(C(F)(F)F)cc2)n1. The zero-order valence-corrected chi connectivity index (χ0v) is 10.3. The largest absolute Gasteiger partial charge is 0.416 e. The quantitative estimate of drug-likeness (QED) is 0.844. The molecule has 0 aliphatic rings. The van der Waals surface area contributed by atoms with Crippen LogP contribution in [0.15, 0.2) is 29.6 Å². The van der Waals surface area contributed by atoms with E-state index in [9.17, 15) is 13.2 Å². The molecule has 96 valence electrons. The molecule has 18 heavy (non-hydrogen) atoms. The predicted molar refractivity (Wildman–Crippen MR) is 63.3 cm³/mol. The highest BCUT2D eigenvalue weighted by atomic mass is 32.1. The van der Waals surface area contributed by atoms with Gasteiger partial charge in [0.05, 0.1) is 17.9 Å². The fraction of sp³-hybridized carbons (Fsp3) is 0.250. The molecule has 0 amide bonds. The third-order valence-corrected chi connectivity index (χ3v) is 3.24. The fourth-order valence-electron chi connectivity index (χ4n) is 1.46. The highest BCUT2D eigenvalue weighted by Crippen LogP contribution is 2.31. The van der Waals surface area contributed by atoms with E-state index in [1.54, 1.807) is 7.11 Å². The first-order valence-electron chi connectivity index (χ1n) is 5.11. The number of methoxy groups -OCH3 is 1. The Balaban J connectivity index is 2.23. The van der Waals surface area contributed by atoms with Gasteiger partial charge in [-0.05, 0) is 12.1 Å². The first-order valence-corrected chi connectivity index (χ1v) is 5.99. The van der Waals surface area contributed by atoms with Crippen LogP contribution in [-0.4, -0.2) is 12.1 Å². The minimum atomic E-state index is -4.30. The van der Waals surface area contributed by atoms with Gasteiger partial charge in [0.15, 0.2) is 0 Å². The minimum Gasteiger partial charge on any atom is -0.378 e. The van der Waals surface area contributed by atoms with Gasteiger partial charge in [-0.1, -0.05) is 12.1 Å². The summed E-state index contributed by atoms with van der Waals surface area (Å²) in [5.74, 6) is 0. The van der Waals surface area contributed by atoms with Gasteiger partial charge in [-0.3, -0.25) is 0 Å². The van der Waals surface area contributed by atoms with E-state index in [0.29, 0.717) is 17.2 Å². The molecule has 0 spiro atoms. The molecule has 0 saturated carbocycles. The molecule has 0 aliphatic heterocycles. The maximum absolute atomic E-state index is 12.4. The van der Waals surface area contributed by atoms with Crippen molar-refractivity contribution in [2.45, 2.75) is 12.8 Å². The average Bonchev–Trinajstić information content (AvgIpc) is 2.77. The highest BCUT2D eigenvalue weighted by Gasteiger charge is 2.30. The van der Waals surface area contributed by atoms with Crippen LogP contribution in [0.4, 0.5) is 13.2 Å². The van der Waals surface area contributed by atoms with Crippen LogP contribution in [0.25, 0.3) is 10.6 Å². The number of alkyl halides is 3. The second-order valence-corrected chi connectivity index (χ2v) is 4.51. The van der Waals surface area contributed by atoms with Gasteiger partial charge in [-0.2, -0.15) is 13.2 Å². The van der Waals surface area contributed by atoms with Crippen molar-refractivity contribution in [3.63, 3.8) is 0 Å². The Morgan fingerprint density at radius 3 is 2.44 bits per heavy atom. The Morgan fingerprint density at radius 2 is 1.89 bits per heavy atom. The summed E-state index contributed by atoms with van der Waals surface area (Å²) in [6, 6.07) is 4.98. The van der Waals surface area contributed by atoms with Crippen LogP contribution in [-0.2, 0) is 17.5 Å². The van der Waals surface area contributed by atoms with Crippen LogP contribution in [0.3, 0.4) is 0 Å². The molecule has 6 heteroatoms. The molecule has 0 saturated heterocycles. The van der Waals surface area contributed by atoms with Crippen LogP contribution >= 0.6 is 11.3 Å². The van der Waals surface area contributed by atoms with Crippen molar-refractivity contribution in [1.29, 1.82) is 0 Å². The number of nitrogens with zero attached hydrogens (tertiary/aromatic N) is 1. The summed E-state index contributed by atoms with van der Waals surface area (Å²) < 4.78 is 42.1. The Morgan fingerprint density at radius 1 is 1.22 bits per heavy atom. The monoisotopic (exact) mass is 273 g/mol. The molecular weight excluding hydrogens is 263 g/mol. The Hall–Kier alpha value is -1.40. The van der Waals surface area contributed by atoms with E-state index < -0.39 is 11.7 Å². The maximum Gasteiger partial charge on any atom is 0.416 e. The Bertz CT molecular complexity index is 519. The summed E-state index contributed by atoms with van der Waals surface area (Å²) in [5, 5.41) is 2.52. The van der Waals surface area contributed by atoms with Crippen molar-refractivity contribution in [3.05, 3.63) is 40.9 Å². The average molecular weight is 273 g/mol. The number of hydrogen-bond acceptors (Lipinski definition) is 3. The van der Waals surface area contributed by atoms with Crippen LogP contribution in [0.5, 0.6) is 0 Å². The van der Waals surface area contributed by atoms with Crippen LogP contribution in [0.2, 0.25) is 0 Å². The number of rotatable bonds is 3. The summed E-state index contributed by atoms with van der Waals surface area (Å²) in [5.41, 5.74) is 0.799.